The number of hydrogen-bond acceptors (Lipinski definition) is 6. The topological polar surface area (TPSA) is 127 Å². The van der Waals surface area contributed by atoms with Crippen molar-refractivity contribution in [3.8, 4) is 11.3 Å². The van der Waals surface area contributed by atoms with E-state index < -0.39 is 15.9 Å². The highest BCUT2D eigenvalue weighted by molar-refractivity contribution is 7.89. The highest BCUT2D eigenvalue weighted by Crippen LogP contribution is 2.28. The molecule has 3 aromatic rings. The van der Waals surface area contributed by atoms with Crippen molar-refractivity contribution in [1.82, 2.24) is 13.9 Å². The molecule has 1 aliphatic heterocycles. The Bertz CT molecular complexity index is 1290. The van der Waals surface area contributed by atoms with E-state index in [2.05, 4.69) is 10.3 Å². The predicted octanol–water partition coefficient (Wildman–Crippen LogP) is 2.60. The lowest BCUT2D eigenvalue weighted by molar-refractivity contribution is -0.120. The number of rotatable bonds is 6. The Morgan fingerprint density at radius 2 is 1.85 bits per heavy atom. The van der Waals surface area contributed by atoms with E-state index in [1.54, 1.807) is 7.05 Å². The summed E-state index contributed by atoms with van der Waals surface area (Å²) >= 11 is 1.36. The van der Waals surface area contributed by atoms with Crippen LogP contribution in [0.3, 0.4) is 0 Å². The van der Waals surface area contributed by atoms with Crippen LogP contribution in [0.5, 0.6) is 0 Å². The van der Waals surface area contributed by atoms with Crippen LogP contribution in [0.4, 0.5) is 5.13 Å². The van der Waals surface area contributed by atoms with Crippen LogP contribution in [-0.4, -0.2) is 47.2 Å². The molecule has 4 rings (SSSR count). The number of hydrogen-bond donors (Lipinski definition) is 2. The number of amides is 2. The van der Waals surface area contributed by atoms with E-state index in [0.29, 0.717) is 18.0 Å². The van der Waals surface area contributed by atoms with Gasteiger partial charge in [-0.2, -0.15) is 4.31 Å². The van der Waals surface area contributed by atoms with E-state index in [-0.39, 0.29) is 35.5 Å². The molecule has 9 nitrogen and oxygen atoms in total. The maximum absolute atomic E-state index is 13.0. The number of aryl methyl sites for hydroxylation is 2. The van der Waals surface area contributed by atoms with Crippen molar-refractivity contribution in [3.63, 3.8) is 0 Å². The number of nitrogens with two attached hydrogens (primary N) is 1. The quantitative estimate of drug-likeness (QED) is 0.552. The van der Waals surface area contributed by atoms with Crippen LogP contribution >= 0.6 is 11.3 Å². The summed E-state index contributed by atoms with van der Waals surface area (Å²) in [5, 5.41) is 5.29. The molecule has 0 spiro atoms. The molecule has 0 saturated carbocycles. The second-order valence-electron chi connectivity index (χ2n) is 8.11. The second kappa shape index (κ2) is 9.08. The Labute approximate surface area is 196 Å². The van der Waals surface area contributed by atoms with Crippen molar-refractivity contribution in [2.24, 2.45) is 18.7 Å². The summed E-state index contributed by atoms with van der Waals surface area (Å²) in [6.45, 7) is 2.45. The molecule has 1 aromatic carbocycles. The van der Waals surface area contributed by atoms with Gasteiger partial charge in [0.1, 0.15) is 10.6 Å². The van der Waals surface area contributed by atoms with Crippen molar-refractivity contribution in [2.75, 3.05) is 18.4 Å². The SMILES string of the molecule is Cc1ccc(-c2csc(NC(=O)C3CCN(S(=O)(=O)c4cc(C(N)=O)n(C)c4)CC3)n2)cc1. The smallest absolute Gasteiger partial charge is 0.265 e. The fourth-order valence-electron chi connectivity index (χ4n) is 3.82. The molecule has 1 fully saturated rings. The molecule has 0 bridgehead atoms. The van der Waals surface area contributed by atoms with Crippen molar-refractivity contribution >= 4 is 38.3 Å². The van der Waals surface area contributed by atoms with Crippen LogP contribution in [0.15, 0.2) is 46.8 Å². The summed E-state index contributed by atoms with van der Waals surface area (Å²) in [6.07, 6.45) is 2.18. The van der Waals surface area contributed by atoms with E-state index in [0.717, 1.165) is 16.8 Å². The van der Waals surface area contributed by atoms with Crippen molar-refractivity contribution in [3.05, 3.63) is 53.2 Å². The lowest BCUT2D eigenvalue weighted by Gasteiger charge is -2.30. The Hall–Kier alpha value is -3.02. The molecule has 33 heavy (non-hydrogen) atoms. The molecule has 11 heteroatoms. The predicted molar refractivity (Wildman–Crippen MR) is 126 cm³/mol. The Morgan fingerprint density at radius 1 is 1.18 bits per heavy atom. The number of sulfonamides is 1. The van der Waals surface area contributed by atoms with Crippen molar-refractivity contribution in [1.29, 1.82) is 0 Å². The van der Waals surface area contributed by atoms with Gasteiger partial charge in [0, 0.05) is 43.2 Å². The zero-order chi connectivity index (χ0) is 23.8. The molecule has 2 aromatic heterocycles. The minimum absolute atomic E-state index is 0.0214. The van der Waals surface area contributed by atoms with Crippen molar-refractivity contribution < 1.29 is 18.0 Å². The van der Waals surface area contributed by atoms with E-state index in [4.69, 9.17) is 5.73 Å². The van der Waals surface area contributed by atoms with Crippen LogP contribution < -0.4 is 11.1 Å². The zero-order valence-corrected chi connectivity index (χ0v) is 19.9. The minimum atomic E-state index is -3.77. The third kappa shape index (κ3) is 4.85. The number of piperidine rings is 1. The largest absolute Gasteiger partial charge is 0.364 e. The highest BCUT2D eigenvalue weighted by atomic mass is 32.2. The van der Waals surface area contributed by atoms with Crippen LogP contribution in [0.1, 0.15) is 28.9 Å². The Morgan fingerprint density at radius 3 is 2.45 bits per heavy atom. The van der Waals surface area contributed by atoms with Gasteiger partial charge in [-0.25, -0.2) is 13.4 Å². The number of carbonyl (C=O) groups excluding carboxylic acids is 2. The zero-order valence-electron chi connectivity index (χ0n) is 18.3. The molecule has 174 valence electrons. The van der Waals surface area contributed by atoms with Gasteiger partial charge in [0.2, 0.25) is 15.9 Å². The number of anilines is 1. The van der Waals surface area contributed by atoms with Crippen LogP contribution in [0.2, 0.25) is 0 Å². The van der Waals surface area contributed by atoms with Gasteiger partial charge in [0.15, 0.2) is 5.13 Å². The highest BCUT2D eigenvalue weighted by Gasteiger charge is 2.33. The van der Waals surface area contributed by atoms with Gasteiger partial charge >= 0.3 is 0 Å². The summed E-state index contributed by atoms with van der Waals surface area (Å²) in [5.41, 5.74) is 8.36. The monoisotopic (exact) mass is 487 g/mol. The molecule has 3 heterocycles. The average Bonchev–Trinajstić information content (AvgIpc) is 3.41. The number of nitrogens with one attached hydrogen (secondary N) is 1. The number of nitrogens with zero attached hydrogens (tertiary/aromatic N) is 3. The molecule has 0 aliphatic carbocycles. The summed E-state index contributed by atoms with van der Waals surface area (Å²) in [5.74, 6) is -1.16. The molecule has 2 amide bonds. The first-order valence-electron chi connectivity index (χ1n) is 10.4. The Kier molecular flexibility index (Phi) is 6.37. The third-order valence-electron chi connectivity index (χ3n) is 5.78. The molecule has 1 saturated heterocycles. The van der Waals surface area contributed by atoms with Gasteiger partial charge in [-0.1, -0.05) is 29.8 Å². The van der Waals surface area contributed by atoms with Crippen molar-refractivity contribution in [2.45, 2.75) is 24.7 Å². The van der Waals surface area contributed by atoms with Crippen LogP contribution in [0, 0.1) is 12.8 Å². The molecule has 0 atom stereocenters. The first-order chi connectivity index (χ1) is 15.6. The lowest BCUT2D eigenvalue weighted by atomic mass is 9.97. The normalized spacial score (nSPS) is 15.5. The first kappa shape index (κ1) is 23.1. The van der Waals surface area contributed by atoms with Gasteiger partial charge in [-0.05, 0) is 25.8 Å². The molecule has 3 N–H and O–H groups in total. The van der Waals surface area contributed by atoms with Crippen LogP contribution in [0.25, 0.3) is 11.3 Å². The van der Waals surface area contributed by atoms with Gasteiger partial charge in [-0.3, -0.25) is 9.59 Å². The molecular formula is C22H25N5O4S2. The van der Waals surface area contributed by atoms with E-state index >= 15 is 0 Å². The number of primary amides is 1. The summed E-state index contributed by atoms with van der Waals surface area (Å²) < 4.78 is 28.6. The summed E-state index contributed by atoms with van der Waals surface area (Å²) in [4.78, 5) is 28.7. The fourth-order valence-corrected chi connectivity index (χ4v) is 6.09. The molecular weight excluding hydrogens is 462 g/mol. The molecule has 0 unspecified atom stereocenters. The van der Waals surface area contributed by atoms with Crippen LogP contribution in [-0.2, 0) is 21.9 Å². The number of carbonyl (C=O) groups is 2. The Balaban J connectivity index is 1.37. The number of aromatic nitrogens is 2. The summed E-state index contributed by atoms with van der Waals surface area (Å²) in [7, 11) is -2.20. The third-order valence-corrected chi connectivity index (χ3v) is 8.40. The van der Waals surface area contributed by atoms with E-state index in [9.17, 15) is 18.0 Å². The average molecular weight is 488 g/mol. The van der Waals surface area contributed by atoms with Gasteiger partial charge in [0.05, 0.1) is 5.69 Å². The summed E-state index contributed by atoms with van der Waals surface area (Å²) in [6, 6.07) is 9.29. The van der Waals surface area contributed by atoms with Gasteiger partial charge in [-0.15, -0.1) is 11.3 Å². The molecule has 0 radical (unpaired) electrons. The fraction of sp³-hybridized carbons (Fsp3) is 0.318. The minimum Gasteiger partial charge on any atom is -0.364 e. The van der Waals surface area contributed by atoms with Gasteiger partial charge < -0.3 is 15.6 Å². The molecule has 1 aliphatic rings. The standard InChI is InChI=1S/C22H25N5O4S2/c1-14-3-5-15(6-4-14)18-13-32-22(24-18)25-21(29)16-7-9-27(10-8-16)33(30,31)17-11-19(20(23)28)26(2)12-17/h3-6,11-13,16H,7-10H2,1-2H3,(H2,23,28)(H,24,25,29). The maximum atomic E-state index is 13.0. The second-order valence-corrected chi connectivity index (χ2v) is 10.9. The number of thiazole rings is 1. The first-order valence-corrected chi connectivity index (χ1v) is 12.8. The maximum Gasteiger partial charge on any atom is 0.265 e. The van der Waals surface area contributed by atoms with E-state index in [1.807, 2.05) is 36.6 Å². The lowest BCUT2D eigenvalue weighted by Crippen LogP contribution is -2.41. The number of benzene rings is 1. The van der Waals surface area contributed by atoms with Gasteiger partial charge in [0.25, 0.3) is 5.91 Å². The van der Waals surface area contributed by atoms with E-state index in [1.165, 1.54) is 32.5 Å².